The van der Waals surface area contributed by atoms with Crippen molar-refractivity contribution in [2.75, 3.05) is 5.01 Å². The summed E-state index contributed by atoms with van der Waals surface area (Å²) < 4.78 is 27.7. The van der Waals surface area contributed by atoms with Crippen LogP contribution in [-0.4, -0.2) is 17.8 Å². The number of carbonyl (C=O) groups is 1. The maximum absolute atomic E-state index is 14.2. The predicted octanol–water partition coefficient (Wildman–Crippen LogP) is 4.86. The Morgan fingerprint density at radius 2 is 2.00 bits per heavy atom. The molecule has 0 unspecified atom stereocenters. The number of amides is 1. The van der Waals surface area contributed by atoms with E-state index >= 15 is 0 Å². The molecule has 5 nitrogen and oxygen atoms in total. The van der Waals surface area contributed by atoms with Crippen molar-refractivity contribution in [3.05, 3.63) is 75.5 Å². The van der Waals surface area contributed by atoms with Gasteiger partial charge in [-0.1, -0.05) is 29.3 Å². The van der Waals surface area contributed by atoms with E-state index in [4.69, 9.17) is 11.6 Å². The van der Waals surface area contributed by atoms with Crippen LogP contribution < -0.4 is 10.5 Å². The first-order valence-electron chi connectivity index (χ1n) is 8.85. The molecular weight excluding hydrogens is 400 g/mol. The van der Waals surface area contributed by atoms with E-state index in [1.807, 2.05) is 6.92 Å². The van der Waals surface area contributed by atoms with Crippen molar-refractivity contribution in [2.24, 2.45) is 5.10 Å². The molecule has 0 fully saturated rings. The van der Waals surface area contributed by atoms with Gasteiger partial charge in [0.05, 0.1) is 16.1 Å². The second-order valence-corrected chi connectivity index (χ2v) is 7.47. The molecule has 0 aromatic heterocycles. The first-order chi connectivity index (χ1) is 13.7. The number of carbonyl (C=O) groups excluding carboxylic acids is 1. The number of benzene rings is 2. The van der Waals surface area contributed by atoms with Crippen LogP contribution in [0.15, 0.2) is 52.8 Å². The van der Waals surface area contributed by atoms with E-state index in [2.05, 4.69) is 11.8 Å². The topological polar surface area (TPSA) is 64.9 Å². The standard InChI is InChI=1S/C21H20ClF2N3O2/c1-12-10-21(20(28)26-29,15-5-4-6-17(24)13(15)2)11-19(12)27(25-3)18-8-7-14(23)9-16(18)22/h4-9,29H,3,10-11H2,1-2H3,(H,26,28)/t21-/m0/s1. The van der Waals surface area contributed by atoms with Crippen LogP contribution in [0.25, 0.3) is 0 Å². The fraction of sp³-hybridized carbons (Fsp3) is 0.238. The van der Waals surface area contributed by atoms with E-state index in [1.165, 1.54) is 29.3 Å². The Kier molecular flexibility index (Phi) is 5.73. The molecule has 0 saturated carbocycles. The molecule has 0 saturated heterocycles. The van der Waals surface area contributed by atoms with Gasteiger partial charge >= 0.3 is 0 Å². The molecule has 0 heterocycles. The van der Waals surface area contributed by atoms with Gasteiger partial charge in [0.1, 0.15) is 11.6 Å². The van der Waals surface area contributed by atoms with Gasteiger partial charge in [0.25, 0.3) is 5.91 Å². The number of allylic oxidation sites excluding steroid dienone is 2. The third-order valence-electron chi connectivity index (χ3n) is 5.38. The molecular formula is C21H20ClF2N3O2. The van der Waals surface area contributed by atoms with Gasteiger partial charge in [-0.15, -0.1) is 0 Å². The number of hydrogen-bond acceptors (Lipinski definition) is 4. The third-order valence-corrected chi connectivity index (χ3v) is 5.69. The first kappa shape index (κ1) is 21.0. The molecule has 3 rings (SSSR count). The van der Waals surface area contributed by atoms with E-state index in [-0.39, 0.29) is 17.9 Å². The zero-order valence-electron chi connectivity index (χ0n) is 16.0. The molecule has 1 aliphatic rings. The highest BCUT2D eigenvalue weighted by molar-refractivity contribution is 6.33. The van der Waals surface area contributed by atoms with Crippen LogP contribution in [-0.2, 0) is 10.2 Å². The number of rotatable bonds is 5. The number of hydrazone groups is 1. The second-order valence-electron chi connectivity index (χ2n) is 7.06. The minimum atomic E-state index is -1.24. The van der Waals surface area contributed by atoms with Crippen molar-refractivity contribution in [1.29, 1.82) is 0 Å². The summed E-state index contributed by atoms with van der Waals surface area (Å²) in [4.78, 5) is 12.8. The Morgan fingerprint density at radius 1 is 1.28 bits per heavy atom. The SMILES string of the molecule is C=NN(C1=C(C)C[C@@](C(=O)NO)(c2cccc(F)c2C)C1)c1ccc(F)cc1Cl. The molecule has 2 aromatic carbocycles. The summed E-state index contributed by atoms with van der Waals surface area (Å²) in [5.74, 6) is -1.60. The molecule has 2 N–H and O–H groups in total. The van der Waals surface area contributed by atoms with Crippen LogP contribution in [0.2, 0.25) is 5.02 Å². The summed E-state index contributed by atoms with van der Waals surface area (Å²) >= 11 is 6.19. The molecule has 152 valence electrons. The van der Waals surface area contributed by atoms with E-state index in [9.17, 15) is 18.8 Å². The van der Waals surface area contributed by atoms with Crippen molar-refractivity contribution in [3.8, 4) is 0 Å². The molecule has 1 amide bonds. The normalized spacial score (nSPS) is 18.7. The number of anilines is 1. The fourth-order valence-corrected chi connectivity index (χ4v) is 4.22. The van der Waals surface area contributed by atoms with Crippen LogP contribution in [0, 0.1) is 18.6 Å². The first-order valence-corrected chi connectivity index (χ1v) is 9.23. The molecule has 8 heteroatoms. The lowest BCUT2D eigenvalue weighted by Crippen LogP contribution is -2.43. The minimum Gasteiger partial charge on any atom is -0.289 e. The van der Waals surface area contributed by atoms with Crippen molar-refractivity contribution in [3.63, 3.8) is 0 Å². The maximum Gasteiger partial charge on any atom is 0.254 e. The number of hydrogen-bond donors (Lipinski definition) is 2. The Hall–Kier alpha value is -2.77. The lowest BCUT2D eigenvalue weighted by Gasteiger charge is -2.30. The van der Waals surface area contributed by atoms with Gasteiger partial charge in [-0.2, -0.15) is 5.10 Å². The number of hydroxylamine groups is 1. The van der Waals surface area contributed by atoms with Crippen molar-refractivity contribution < 1.29 is 18.8 Å². The Morgan fingerprint density at radius 3 is 2.62 bits per heavy atom. The maximum atomic E-state index is 14.2. The molecule has 29 heavy (non-hydrogen) atoms. The number of halogens is 3. The largest absolute Gasteiger partial charge is 0.289 e. The smallest absolute Gasteiger partial charge is 0.254 e. The van der Waals surface area contributed by atoms with Gasteiger partial charge < -0.3 is 0 Å². The number of nitrogens with zero attached hydrogens (tertiary/aromatic N) is 2. The van der Waals surface area contributed by atoms with E-state index in [1.54, 1.807) is 18.5 Å². The molecule has 0 bridgehead atoms. The average Bonchev–Trinajstić information content (AvgIpc) is 3.03. The average molecular weight is 420 g/mol. The highest BCUT2D eigenvalue weighted by Gasteiger charge is 2.48. The highest BCUT2D eigenvalue weighted by Crippen LogP contribution is 2.48. The predicted molar refractivity (Wildman–Crippen MR) is 108 cm³/mol. The molecule has 1 atom stereocenters. The molecule has 1 aliphatic carbocycles. The Bertz CT molecular complexity index is 1020. The van der Waals surface area contributed by atoms with Gasteiger partial charge in [0, 0.05) is 18.8 Å². The third kappa shape index (κ3) is 3.52. The van der Waals surface area contributed by atoms with Gasteiger partial charge in [-0.3, -0.25) is 10.0 Å². The van der Waals surface area contributed by atoms with Gasteiger partial charge in [-0.05, 0) is 55.7 Å². The quantitative estimate of drug-likeness (QED) is 0.413. The highest BCUT2D eigenvalue weighted by atomic mass is 35.5. The zero-order valence-corrected chi connectivity index (χ0v) is 16.7. The molecule has 0 spiro atoms. The monoisotopic (exact) mass is 419 g/mol. The van der Waals surface area contributed by atoms with Crippen LogP contribution in [0.1, 0.15) is 30.9 Å². The lowest BCUT2D eigenvalue weighted by molar-refractivity contribution is -0.135. The number of nitrogens with one attached hydrogen (secondary N) is 1. The van der Waals surface area contributed by atoms with E-state index in [0.717, 1.165) is 11.6 Å². The molecule has 0 radical (unpaired) electrons. The fourth-order valence-electron chi connectivity index (χ4n) is 3.98. The molecule has 0 aliphatic heterocycles. The van der Waals surface area contributed by atoms with Crippen molar-refractivity contribution >= 4 is 29.9 Å². The van der Waals surface area contributed by atoms with Crippen LogP contribution in [0.3, 0.4) is 0 Å². The van der Waals surface area contributed by atoms with Crippen molar-refractivity contribution in [2.45, 2.75) is 32.1 Å². The van der Waals surface area contributed by atoms with E-state index < -0.39 is 23.0 Å². The minimum absolute atomic E-state index is 0.113. The lowest BCUT2D eigenvalue weighted by atomic mass is 9.74. The van der Waals surface area contributed by atoms with Crippen LogP contribution in [0.5, 0.6) is 0 Å². The summed E-state index contributed by atoms with van der Waals surface area (Å²) in [5.41, 5.74) is 3.06. The van der Waals surface area contributed by atoms with Gasteiger partial charge in [0.2, 0.25) is 0 Å². The summed E-state index contributed by atoms with van der Waals surface area (Å²) in [7, 11) is 0. The Balaban J connectivity index is 2.11. The second kappa shape index (κ2) is 7.93. The summed E-state index contributed by atoms with van der Waals surface area (Å²) in [6.07, 6.45) is 0.339. The van der Waals surface area contributed by atoms with Crippen LogP contribution in [0.4, 0.5) is 14.5 Å². The van der Waals surface area contributed by atoms with Crippen LogP contribution >= 0.6 is 11.6 Å². The summed E-state index contributed by atoms with van der Waals surface area (Å²) in [6.45, 7) is 6.98. The van der Waals surface area contributed by atoms with E-state index in [0.29, 0.717) is 22.5 Å². The zero-order chi connectivity index (χ0) is 21.3. The summed E-state index contributed by atoms with van der Waals surface area (Å²) in [5, 5.41) is 15.0. The van der Waals surface area contributed by atoms with Gasteiger partial charge in [-0.25, -0.2) is 19.3 Å². The van der Waals surface area contributed by atoms with Gasteiger partial charge in [0.15, 0.2) is 0 Å². The summed E-state index contributed by atoms with van der Waals surface area (Å²) in [6, 6.07) is 8.37. The molecule has 2 aromatic rings. The van der Waals surface area contributed by atoms with Crippen molar-refractivity contribution in [1.82, 2.24) is 5.48 Å². The Labute approximate surface area is 172 Å².